The Labute approximate surface area is 114 Å². The van der Waals surface area contributed by atoms with Gasteiger partial charge in [-0.25, -0.2) is 0 Å². The van der Waals surface area contributed by atoms with E-state index in [4.69, 9.17) is 17.3 Å². The van der Waals surface area contributed by atoms with Crippen molar-refractivity contribution in [1.82, 2.24) is 4.90 Å². The van der Waals surface area contributed by atoms with E-state index in [2.05, 4.69) is 17.1 Å². The van der Waals surface area contributed by atoms with Crippen LogP contribution < -0.4 is 11.1 Å². The molecule has 1 heterocycles. The van der Waals surface area contributed by atoms with Crippen molar-refractivity contribution >= 4 is 23.0 Å². The van der Waals surface area contributed by atoms with Crippen LogP contribution in [-0.4, -0.2) is 31.1 Å². The Morgan fingerprint density at radius 3 is 2.83 bits per heavy atom. The van der Waals surface area contributed by atoms with Crippen LogP contribution in [0.5, 0.6) is 0 Å². The highest BCUT2D eigenvalue weighted by Crippen LogP contribution is 2.23. The predicted molar refractivity (Wildman–Crippen MR) is 79.2 cm³/mol. The molecule has 18 heavy (non-hydrogen) atoms. The third-order valence-electron chi connectivity index (χ3n) is 3.42. The summed E-state index contributed by atoms with van der Waals surface area (Å²) in [5, 5.41) is 4.11. The highest BCUT2D eigenvalue weighted by molar-refractivity contribution is 6.31. The van der Waals surface area contributed by atoms with Gasteiger partial charge in [-0.1, -0.05) is 18.5 Å². The van der Waals surface area contributed by atoms with Crippen molar-refractivity contribution in [1.29, 1.82) is 0 Å². The maximum atomic E-state index is 5.97. The van der Waals surface area contributed by atoms with Crippen LogP contribution in [0.15, 0.2) is 18.2 Å². The topological polar surface area (TPSA) is 41.3 Å². The van der Waals surface area contributed by atoms with Crippen molar-refractivity contribution in [2.24, 2.45) is 5.92 Å². The molecule has 0 spiro atoms. The maximum absolute atomic E-state index is 5.97. The zero-order valence-electron chi connectivity index (χ0n) is 11.0. The van der Waals surface area contributed by atoms with Crippen LogP contribution in [0.2, 0.25) is 5.02 Å². The highest BCUT2D eigenvalue weighted by Gasteiger charge is 2.14. The third-order valence-corrected chi connectivity index (χ3v) is 3.66. The zero-order chi connectivity index (χ0) is 13.0. The summed E-state index contributed by atoms with van der Waals surface area (Å²) < 4.78 is 0. The van der Waals surface area contributed by atoms with Crippen LogP contribution in [0.4, 0.5) is 11.4 Å². The number of rotatable bonds is 5. The first-order chi connectivity index (χ1) is 8.65. The van der Waals surface area contributed by atoms with Crippen molar-refractivity contribution in [2.45, 2.75) is 19.8 Å². The number of nitrogens with zero attached hydrogens (tertiary/aromatic N) is 1. The molecule has 0 amide bonds. The summed E-state index contributed by atoms with van der Waals surface area (Å²) >= 11 is 5.97. The van der Waals surface area contributed by atoms with E-state index in [0.717, 1.165) is 29.5 Å². The number of halogens is 1. The van der Waals surface area contributed by atoms with Crippen LogP contribution >= 0.6 is 11.6 Å². The normalized spacial score (nSPS) is 17.9. The minimum atomic E-state index is 0.612. The third kappa shape index (κ3) is 3.79. The van der Waals surface area contributed by atoms with Gasteiger partial charge in [-0.15, -0.1) is 0 Å². The maximum Gasteiger partial charge on any atom is 0.0588 e. The van der Waals surface area contributed by atoms with Gasteiger partial charge in [0.1, 0.15) is 0 Å². The number of hydrogen-bond donors (Lipinski definition) is 2. The Hall–Kier alpha value is -0.930. The van der Waals surface area contributed by atoms with E-state index in [-0.39, 0.29) is 0 Å². The van der Waals surface area contributed by atoms with Crippen LogP contribution in [-0.2, 0) is 0 Å². The molecular formula is C14H22ClN3. The van der Waals surface area contributed by atoms with Gasteiger partial charge in [-0.3, -0.25) is 0 Å². The van der Waals surface area contributed by atoms with Gasteiger partial charge in [0.05, 0.1) is 11.4 Å². The molecule has 100 valence electrons. The first kappa shape index (κ1) is 13.5. The molecule has 1 unspecified atom stereocenters. The fraction of sp³-hybridized carbons (Fsp3) is 0.571. The van der Waals surface area contributed by atoms with Gasteiger partial charge in [-0.2, -0.15) is 0 Å². The molecule has 1 aromatic rings. The molecule has 0 aliphatic carbocycles. The lowest BCUT2D eigenvalue weighted by atomic mass is 10.1. The van der Waals surface area contributed by atoms with E-state index >= 15 is 0 Å². The molecule has 1 aromatic carbocycles. The second kappa shape index (κ2) is 6.30. The average molecular weight is 268 g/mol. The summed E-state index contributed by atoms with van der Waals surface area (Å²) in [5.41, 5.74) is 7.61. The fourth-order valence-corrected chi connectivity index (χ4v) is 2.61. The number of likely N-dealkylation sites (tertiary alicyclic amines) is 1. The van der Waals surface area contributed by atoms with Crippen LogP contribution in [0, 0.1) is 5.92 Å². The summed E-state index contributed by atoms with van der Waals surface area (Å²) in [7, 11) is 0. The molecule has 1 fully saturated rings. The summed E-state index contributed by atoms with van der Waals surface area (Å²) in [4.78, 5) is 2.54. The second-order valence-corrected chi connectivity index (χ2v) is 5.66. The zero-order valence-corrected chi connectivity index (χ0v) is 11.7. The summed E-state index contributed by atoms with van der Waals surface area (Å²) in [6, 6.07) is 5.55. The summed E-state index contributed by atoms with van der Waals surface area (Å²) in [6.07, 6.45) is 2.70. The molecular weight excluding hydrogens is 246 g/mol. The lowest BCUT2D eigenvalue weighted by Gasteiger charge is -2.21. The summed E-state index contributed by atoms with van der Waals surface area (Å²) in [5.74, 6) is 0.612. The van der Waals surface area contributed by atoms with E-state index in [1.54, 1.807) is 0 Å². The molecule has 3 nitrogen and oxygen atoms in total. The number of hydrogen-bond acceptors (Lipinski definition) is 3. The Balaban J connectivity index is 1.81. The molecule has 3 N–H and O–H groups in total. The van der Waals surface area contributed by atoms with E-state index in [1.807, 2.05) is 18.2 Å². The van der Waals surface area contributed by atoms with Crippen molar-refractivity contribution in [3.8, 4) is 0 Å². The van der Waals surface area contributed by atoms with E-state index < -0.39 is 0 Å². The minimum absolute atomic E-state index is 0.612. The molecule has 2 rings (SSSR count). The second-order valence-electron chi connectivity index (χ2n) is 5.23. The van der Waals surface area contributed by atoms with Gasteiger partial charge in [0, 0.05) is 18.1 Å². The largest absolute Gasteiger partial charge is 0.397 e. The Bertz CT molecular complexity index is 389. The van der Waals surface area contributed by atoms with Crippen LogP contribution in [0.3, 0.4) is 0 Å². The van der Waals surface area contributed by atoms with Crippen LogP contribution in [0.25, 0.3) is 0 Å². The van der Waals surface area contributed by atoms with Crippen LogP contribution in [0.1, 0.15) is 19.8 Å². The first-order valence-electron chi connectivity index (χ1n) is 6.66. The molecule has 1 aliphatic rings. The number of nitrogen functional groups attached to an aromatic ring is 1. The van der Waals surface area contributed by atoms with Crippen molar-refractivity contribution in [3.05, 3.63) is 23.2 Å². The first-order valence-corrected chi connectivity index (χ1v) is 7.04. The Morgan fingerprint density at radius 1 is 1.39 bits per heavy atom. The molecule has 1 saturated heterocycles. The molecule has 0 aromatic heterocycles. The van der Waals surface area contributed by atoms with Gasteiger partial charge in [-0.05, 0) is 50.0 Å². The van der Waals surface area contributed by atoms with Gasteiger partial charge in [0.15, 0.2) is 0 Å². The van der Waals surface area contributed by atoms with Crippen molar-refractivity contribution < 1.29 is 0 Å². The SMILES string of the molecule is CC(CNc1cc(Cl)ccc1N)CN1CCCC1. The molecule has 0 bridgehead atoms. The molecule has 1 atom stereocenters. The lowest BCUT2D eigenvalue weighted by Crippen LogP contribution is -2.28. The van der Waals surface area contributed by atoms with E-state index in [0.29, 0.717) is 5.92 Å². The smallest absolute Gasteiger partial charge is 0.0588 e. The minimum Gasteiger partial charge on any atom is -0.397 e. The van der Waals surface area contributed by atoms with E-state index in [9.17, 15) is 0 Å². The monoisotopic (exact) mass is 267 g/mol. The molecule has 1 aliphatic heterocycles. The number of benzene rings is 1. The Kier molecular flexibility index (Phi) is 4.72. The molecule has 0 radical (unpaired) electrons. The predicted octanol–water partition coefficient (Wildman–Crippen LogP) is 3.07. The fourth-order valence-electron chi connectivity index (χ4n) is 2.44. The lowest BCUT2D eigenvalue weighted by molar-refractivity contribution is 0.294. The van der Waals surface area contributed by atoms with Crippen molar-refractivity contribution in [3.63, 3.8) is 0 Å². The number of nitrogens with one attached hydrogen (secondary N) is 1. The standard InChI is InChI=1S/C14H22ClN3/c1-11(10-18-6-2-3-7-18)9-17-14-8-12(15)4-5-13(14)16/h4-5,8,11,17H,2-3,6-7,9-10,16H2,1H3. The molecule has 0 saturated carbocycles. The summed E-state index contributed by atoms with van der Waals surface area (Å²) in [6.45, 7) is 6.87. The quantitative estimate of drug-likeness (QED) is 0.806. The Morgan fingerprint density at radius 2 is 2.11 bits per heavy atom. The van der Waals surface area contributed by atoms with Gasteiger partial charge >= 0.3 is 0 Å². The number of nitrogens with two attached hydrogens (primary N) is 1. The van der Waals surface area contributed by atoms with Gasteiger partial charge < -0.3 is 16.0 Å². The van der Waals surface area contributed by atoms with E-state index in [1.165, 1.54) is 25.9 Å². The highest BCUT2D eigenvalue weighted by atomic mass is 35.5. The average Bonchev–Trinajstić information content (AvgIpc) is 2.83. The van der Waals surface area contributed by atoms with Crippen molar-refractivity contribution in [2.75, 3.05) is 37.2 Å². The van der Waals surface area contributed by atoms with Gasteiger partial charge in [0.2, 0.25) is 0 Å². The molecule has 4 heteroatoms. The van der Waals surface area contributed by atoms with Gasteiger partial charge in [0.25, 0.3) is 0 Å². The number of anilines is 2.